The highest BCUT2D eigenvalue weighted by Crippen LogP contribution is 2.27. The molecule has 2 aromatic rings. The number of anilines is 1. The van der Waals surface area contributed by atoms with E-state index in [1.807, 2.05) is 38.3 Å². The number of thiazole rings is 1. The lowest BCUT2D eigenvalue weighted by Gasteiger charge is -2.11. The normalized spacial score (nSPS) is 12.2. The monoisotopic (exact) mass is 323 g/mol. The Labute approximate surface area is 133 Å². The first-order valence-corrected chi connectivity index (χ1v) is 7.89. The van der Waals surface area contributed by atoms with E-state index in [0.717, 1.165) is 21.8 Å². The van der Waals surface area contributed by atoms with Gasteiger partial charge in [0.05, 0.1) is 28.9 Å². The molecular weight excluding hydrogens is 306 g/mol. The van der Waals surface area contributed by atoms with Crippen LogP contribution < -0.4 is 11.1 Å². The number of nitrogens with two attached hydrogens (primary N) is 1. The maximum atomic E-state index is 12.1. The number of aromatic nitrogens is 1. The second kappa shape index (κ2) is 6.56. The summed E-state index contributed by atoms with van der Waals surface area (Å²) in [6.07, 6.45) is 0.215. The zero-order valence-electron chi connectivity index (χ0n) is 12.2. The van der Waals surface area contributed by atoms with Gasteiger partial charge >= 0.3 is 0 Å². The van der Waals surface area contributed by atoms with Crippen LogP contribution in [0.2, 0.25) is 5.02 Å². The summed E-state index contributed by atoms with van der Waals surface area (Å²) in [6, 6.07) is 3.71. The third kappa shape index (κ3) is 4.03. The number of rotatable bonds is 4. The molecule has 0 saturated heterocycles. The Kier molecular flexibility index (Phi) is 4.98. The molecular formula is C15H18ClN3OS. The number of halogens is 1. The van der Waals surface area contributed by atoms with Gasteiger partial charge in [-0.25, -0.2) is 4.98 Å². The van der Waals surface area contributed by atoms with Crippen molar-refractivity contribution in [2.24, 2.45) is 5.73 Å². The van der Waals surface area contributed by atoms with Gasteiger partial charge in [-0.1, -0.05) is 17.7 Å². The van der Waals surface area contributed by atoms with E-state index in [1.54, 1.807) is 0 Å². The van der Waals surface area contributed by atoms with E-state index in [9.17, 15) is 4.79 Å². The largest absolute Gasteiger partial charge is 0.324 e. The summed E-state index contributed by atoms with van der Waals surface area (Å²) in [7, 11) is 0. The predicted molar refractivity (Wildman–Crippen MR) is 88.0 cm³/mol. The Morgan fingerprint density at radius 3 is 2.76 bits per heavy atom. The van der Waals surface area contributed by atoms with Crippen molar-refractivity contribution >= 4 is 34.5 Å². The maximum Gasteiger partial charge on any atom is 0.230 e. The number of nitrogens with zero attached hydrogens (tertiary/aromatic N) is 1. The standard InChI is InChI=1S/C15H18ClN3OS/c1-8-4-9(2)14(12(16)5-8)19-13(20)6-11-7-21-15(18-11)10(3)17/h4-5,7,10H,6,17H2,1-3H3,(H,19,20). The second-order valence-electron chi connectivity index (χ2n) is 5.13. The van der Waals surface area contributed by atoms with Crippen molar-refractivity contribution < 1.29 is 4.79 Å². The molecule has 6 heteroatoms. The van der Waals surface area contributed by atoms with Gasteiger partial charge < -0.3 is 11.1 Å². The Morgan fingerprint density at radius 1 is 1.48 bits per heavy atom. The van der Waals surface area contributed by atoms with Gasteiger partial charge in [0.15, 0.2) is 0 Å². The van der Waals surface area contributed by atoms with E-state index >= 15 is 0 Å². The smallest absolute Gasteiger partial charge is 0.230 e. The van der Waals surface area contributed by atoms with Crippen LogP contribution in [-0.2, 0) is 11.2 Å². The molecule has 1 aromatic carbocycles. The molecule has 2 rings (SSSR count). The molecule has 0 aliphatic carbocycles. The Bertz CT molecular complexity index is 644. The zero-order valence-corrected chi connectivity index (χ0v) is 13.8. The van der Waals surface area contributed by atoms with Crippen LogP contribution in [0.15, 0.2) is 17.5 Å². The van der Waals surface area contributed by atoms with Gasteiger partial charge in [0.25, 0.3) is 0 Å². The number of carbonyl (C=O) groups excluding carboxylic acids is 1. The number of hydrogen-bond acceptors (Lipinski definition) is 4. The van der Waals surface area contributed by atoms with Gasteiger partial charge in [-0.3, -0.25) is 4.79 Å². The summed E-state index contributed by atoms with van der Waals surface area (Å²) in [5, 5.41) is 6.10. The lowest BCUT2D eigenvalue weighted by atomic mass is 10.1. The molecule has 1 aromatic heterocycles. The van der Waals surface area contributed by atoms with Gasteiger partial charge in [-0.2, -0.15) is 0 Å². The van der Waals surface area contributed by atoms with Gasteiger partial charge in [-0.15, -0.1) is 11.3 Å². The Hall–Kier alpha value is -1.43. The van der Waals surface area contributed by atoms with Crippen LogP contribution in [0.5, 0.6) is 0 Å². The van der Waals surface area contributed by atoms with Crippen LogP contribution in [0.25, 0.3) is 0 Å². The van der Waals surface area contributed by atoms with E-state index in [4.69, 9.17) is 17.3 Å². The molecule has 1 atom stereocenters. The van der Waals surface area contributed by atoms with Crippen molar-refractivity contribution in [2.45, 2.75) is 33.2 Å². The summed E-state index contributed by atoms with van der Waals surface area (Å²) in [5.74, 6) is -0.134. The van der Waals surface area contributed by atoms with Crippen LogP contribution in [0.1, 0.15) is 34.8 Å². The van der Waals surface area contributed by atoms with Crippen LogP contribution in [0.3, 0.4) is 0 Å². The molecule has 4 nitrogen and oxygen atoms in total. The molecule has 1 heterocycles. The first-order valence-electron chi connectivity index (χ1n) is 6.63. The number of nitrogens with one attached hydrogen (secondary N) is 1. The summed E-state index contributed by atoms with van der Waals surface area (Å²) in [5.41, 5.74) is 9.17. The van der Waals surface area contributed by atoms with Gasteiger partial charge in [0.2, 0.25) is 5.91 Å². The molecule has 0 radical (unpaired) electrons. The lowest BCUT2D eigenvalue weighted by Crippen LogP contribution is -2.16. The fourth-order valence-corrected chi connectivity index (χ4v) is 3.18. The maximum absolute atomic E-state index is 12.1. The highest BCUT2D eigenvalue weighted by atomic mass is 35.5. The topological polar surface area (TPSA) is 68.0 Å². The summed E-state index contributed by atoms with van der Waals surface area (Å²) < 4.78 is 0. The minimum absolute atomic E-state index is 0.111. The number of carbonyl (C=O) groups is 1. The molecule has 1 unspecified atom stereocenters. The minimum Gasteiger partial charge on any atom is -0.324 e. The molecule has 21 heavy (non-hydrogen) atoms. The summed E-state index contributed by atoms with van der Waals surface area (Å²) in [4.78, 5) is 16.5. The molecule has 1 amide bonds. The highest BCUT2D eigenvalue weighted by Gasteiger charge is 2.13. The van der Waals surface area contributed by atoms with E-state index in [1.165, 1.54) is 11.3 Å². The van der Waals surface area contributed by atoms with Crippen molar-refractivity contribution in [1.29, 1.82) is 0 Å². The lowest BCUT2D eigenvalue weighted by molar-refractivity contribution is -0.115. The number of aryl methyl sites for hydroxylation is 2. The van der Waals surface area contributed by atoms with Gasteiger partial charge in [0.1, 0.15) is 5.01 Å². The third-order valence-electron chi connectivity index (χ3n) is 3.00. The SMILES string of the molecule is Cc1cc(C)c(NC(=O)Cc2csc(C(C)N)n2)c(Cl)c1. The minimum atomic E-state index is -0.134. The van der Waals surface area contributed by atoms with E-state index in [0.29, 0.717) is 10.7 Å². The molecule has 0 fully saturated rings. The fraction of sp³-hybridized carbons (Fsp3) is 0.333. The van der Waals surface area contributed by atoms with Crippen molar-refractivity contribution in [3.8, 4) is 0 Å². The van der Waals surface area contributed by atoms with Crippen molar-refractivity contribution in [3.05, 3.63) is 44.4 Å². The summed E-state index contributed by atoms with van der Waals surface area (Å²) >= 11 is 7.65. The zero-order chi connectivity index (χ0) is 15.6. The van der Waals surface area contributed by atoms with Crippen LogP contribution in [-0.4, -0.2) is 10.9 Å². The number of hydrogen-bond donors (Lipinski definition) is 2. The Balaban J connectivity index is 2.08. The average molecular weight is 324 g/mol. The molecule has 0 saturated carbocycles. The van der Waals surface area contributed by atoms with Crippen molar-refractivity contribution in [3.63, 3.8) is 0 Å². The number of amides is 1. The molecule has 0 spiro atoms. The van der Waals surface area contributed by atoms with Crippen LogP contribution >= 0.6 is 22.9 Å². The summed E-state index contributed by atoms with van der Waals surface area (Å²) in [6.45, 7) is 5.76. The molecule has 0 bridgehead atoms. The van der Waals surface area contributed by atoms with E-state index in [-0.39, 0.29) is 18.4 Å². The van der Waals surface area contributed by atoms with E-state index in [2.05, 4.69) is 10.3 Å². The van der Waals surface area contributed by atoms with Crippen molar-refractivity contribution in [2.75, 3.05) is 5.32 Å². The molecule has 0 aliphatic heterocycles. The molecule has 112 valence electrons. The van der Waals surface area contributed by atoms with Gasteiger partial charge in [0, 0.05) is 5.38 Å². The van der Waals surface area contributed by atoms with E-state index < -0.39 is 0 Å². The third-order valence-corrected chi connectivity index (χ3v) is 4.39. The van der Waals surface area contributed by atoms with Crippen molar-refractivity contribution in [1.82, 2.24) is 4.98 Å². The molecule has 3 N–H and O–H groups in total. The van der Waals surface area contributed by atoms with Crippen LogP contribution in [0.4, 0.5) is 5.69 Å². The van der Waals surface area contributed by atoms with Gasteiger partial charge in [-0.05, 0) is 38.0 Å². The first kappa shape index (κ1) is 15.9. The fourth-order valence-electron chi connectivity index (χ4n) is 2.04. The number of benzene rings is 1. The Morgan fingerprint density at radius 2 is 2.19 bits per heavy atom. The highest BCUT2D eigenvalue weighted by molar-refractivity contribution is 7.09. The molecule has 0 aliphatic rings. The first-order chi connectivity index (χ1) is 9.86. The average Bonchev–Trinajstić information content (AvgIpc) is 2.82. The van der Waals surface area contributed by atoms with Crippen LogP contribution in [0, 0.1) is 13.8 Å². The predicted octanol–water partition coefficient (Wildman–Crippen LogP) is 3.61. The quantitative estimate of drug-likeness (QED) is 0.903. The second-order valence-corrected chi connectivity index (χ2v) is 6.43.